The van der Waals surface area contributed by atoms with Gasteiger partial charge >= 0.3 is 0 Å². The molecule has 1 fully saturated rings. The molecule has 0 spiro atoms. The third kappa shape index (κ3) is 5.64. The minimum absolute atomic E-state index is 0.128. The van der Waals surface area contributed by atoms with E-state index >= 15 is 0 Å². The molecule has 1 heterocycles. The van der Waals surface area contributed by atoms with Crippen molar-refractivity contribution in [1.82, 2.24) is 5.32 Å². The highest BCUT2D eigenvalue weighted by Crippen LogP contribution is 2.34. The van der Waals surface area contributed by atoms with Crippen molar-refractivity contribution in [2.45, 2.75) is 78.6 Å². The summed E-state index contributed by atoms with van der Waals surface area (Å²) in [6.07, 6.45) is 10.8. The van der Waals surface area contributed by atoms with Crippen LogP contribution in [0.15, 0.2) is 0 Å². The molecule has 0 aromatic heterocycles. The molecule has 0 bridgehead atoms. The topological polar surface area (TPSA) is 29.1 Å². The largest absolute Gasteiger partial charge is 0.316 e. The predicted octanol–water partition coefficient (Wildman–Crippen LogP) is 4.33. The molecule has 0 saturated carbocycles. The second-order valence-electron chi connectivity index (χ2n) is 6.71. The van der Waals surface area contributed by atoms with Crippen molar-refractivity contribution in [3.05, 3.63) is 0 Å². The van der Waals surface area contributed by atoms with E-state index in [-0.39, 0.29) is 5.41 Å². The Bertz CT molecular complexity index is 254. The average Bonchev–Trinajstić information content (AvgIpc) is 2.43. The van der Waals surface area contributed by atoms with Crippen molar-refractivity contribution in [3.63, 3.8) is 0 Å². The minimum atomic E-state index is -0.128. The lowest BCUT2D eigenvalue weighted by atomic mass is 9.71. The van der Waals surface area contributed by atoms with Gasteiger partial charge in [-0.05, 0) is 38.3 Å². The Morgan fingerprint density at radius 2 is 1.84 bits per heavy atom. The standard InChI is InChI=1S/C17H33NO/c1-4-5-6-7-8-9-12-16(19)17(2,3)15-11-10-13-18-14-15/h15,18H,4-14H2,1-3H3. The Hall–Kier alpha value is -0.370. The van der Waals surface area contributed by atoms with Crippen molar-refractivity contribution in [2.75, 3.05) is 13.1 Å². The maximum atomic E-state index is 12.4. The van der Waals surface area contributed by atoms with Crippen molar-refractivity contribution >= 4 is 5.78 Å². The smallest absolute Gasteiger partial charge is 0.138 e. The zero-order valence-electron chi connectivity index (χ0n) is 13.3. The fraction of sp³-hybridized carbons (Fsp3) is 0.941. The highest BCUT2D eigenvalue weighted by Gasteiger charge is 2.36. The van der Waals surface area contributed by atoms with Crippen LogP contribution in [0.4, 0.5) is 0 Å². The van der Waals surface area contributed by atoms with Gasteiger partial charge in [0.05, 0.1) is 0 Å². The van der Waals surface area contributed by atoms with E-state index in [1.807, 2.05) is 0 Å². The normalized spacial score (nSPS) is 20.5. The molecule has 1 N–H and O–H groups in total. The van der Waals surface area contributed by atoms with E-state index in [0.29, 0.717) is 11.7 Å². The average molecular weight is 267 g/mol. The number of Topliss-reactive ketones (excluding diaryl/α,β-unsaturated/α-hetero) is 1. The Morgan fingerprint density at radius 3 is 2.47 bits per heavy atom. The second kappa shape index (κ2) is 8.73. The predicted molar refractivity (Wildman–Crippen MR) is 82.4 cm³/mol. The van der Waals surface area contributed by atoms with Crippen LogP contribution in [0, 0.1) is 11.3 Å². The van der Waals surface area contributed by atoms with Gasteiger partial charge in [0, 0.05) is 11.8 Å². The van der Waals surface area contributed by atoms with Crippen molar-refractivity contribution in [1.29, 1.82) is 0 Å². The third-order valence-electron chi connectivity index (χ3n) is 4.79. The van der Waals surface area contributed by atoms with Crippen LogP contribution in [0.3, 0.4) is 0 Å². The second-order valence-corrected chi connectivity index (χ2v) is 6.71. The first-order valence-electron chi connectivity index (χ1n) is 8.33. The number of unbranched alkanes of at least 4 members (excludes halogenated alkanes) is 5. The van der Waals surface area contributed by atoms with Crippen molar-refractivity contribution in [3.8, 4) is 0 Å². The van der Waals surface area contributed by atoms with E-state index < -0.39 is 0 Å². The summed E-state index contributed by atoms with van der Waals surface area (Å²) in [6, 6.07) is 0. The highest BCUT2D eigenvalue weighted by atomic mass is 16.1. The van der Waals surface area contributed by atoms with Crippen LogP contribution < -0.4 is 5.32 Å². The molecule has 0 aromatic carbocycles. The maximum absolute atomic E-state index is 12.4. The van der Waals surface area contributed by atoms with Crippen LogP contribution in [-0.4, -0.2) is 18.9 Å². The zero-order valence-corrected chi connectivity index (χ0v) is 13.3. The molecule has 1 unspecified atom stereocenters. The summed E-state index contributed by atoms with van der Waals surface area (Å²) in [6.45, 7) is 8.70. The van der Waals surface area contributed by atoms with E-state index in [1.165, 1.54) is 44.9 Å². The summed E-state index contributed by atoms with van der Waals surface area (Å²) >= 11 is 0. The maximum Gasteiger partial charge on any atom is 0.138 e. The quantitative estimate of drug-likeness (QED) is 0.630. The van der Waals surface area contributed by atoms with Gasteiger partial charge in [0.25, 0.3) is 0 Å². The minimum Gasteiger partial charge on any atom is -0.316 e. The Kier molecular flexibility index (Phi) is 7.67. The monoisotopic (exact) mass is 267 g/mol. The SMILES string of the molecule is CCCCCCCCC(=O)C(C)(C)C1CCCNC1. The number of hydrogen-bond donors (Lipinski definition) is 1. The van der Waals surface area contributed by atoms with Crippen LogP contribution in [0.1, 0.15) is 78.6 Å². The molecule has 2 heteroatoms. The Labute approximate surface area is 119 Å². The molecule has 0 aromatic rings. The first kappa shape index (κ1) is 16.7. The van der Waals surface area contributed by atoms with Gasteiger partial charge < -0.3 is 5.32 Å². The molecule has 1 aliphatic heterocycles. The van der Waals surface area contributed by atoms with Gasteiger partial charge in [0.15, 0.2) is 0 Å². The van der Waals surface area contributed by atoms with Crippen LogP contribution in [-0.2, 0) is 4.79 Å². The summed E-state index contributed by atoms with van der Waals surface area (Å²) in [5, 5.41) is 3.43. The lowest BCUT2D eigenvalue weighted by Crippen LogP contribution is -2.42. The summed E-state index contributed by atoms with van der Waals surface area (Å²) < 4.78 is 0. The van der Waals surface area contributed by atoms with Crippen LogP contribution >= 0.6 is 0 Å². The lowest BCUT2D eigenvalue weighted by Gasteiger charge is -2.36. The van der Waals surface area contributed by atoms with E-state index in [9.17, 15) is 4.79 Å². The molecule has 0 radical (unpaired) electrons. The Morgan fingerprint density at radius 1 is 1.16 bits per heavy atom. The number of piperidine rings is 1. The van der Waals surface area contributed by atoms with Gasteiger partial charge in [0.2, 0.25) is 0 Å². The number of nitrogens with one attached hydrogen (secondary N) is 1. The van der Waals surface area contributed by atoms with Gasteiger partial charge in [-0.15, -0.1) is 0 Å². The molecule has 0 amide bonds. The number of carbonyl (C=O) groups is 1. The van der Waals surface area contributed by atoms with E-state index in [0.717, 1.165) is 25.9 Å². The summed E-state index contributed by atoms with van der Waals surface area (Å²) in [7, 11) is 0. The molecule has 112 valence electrons. The number of rotatable bonds is 9. The van der Waals surface area contributed by atoms with E-state index in [4.69, 9.17) is 0 Å². The molecule has 0 aliphatic carbocycles. The molecule has 1 rings (SSSR count). The summed E-state index contributed by atoms with van der Waals surface area (Å²) in [4.78, 5) is 12.4. The van der Waals surface area contributed by atoms with Crippen molar-refractivity contribution < 1.29 is 4.79 Å². The third-order valence-corrected chi connectivity index (χ3v) is 4.79. The lowest BCUT2D eigenvalue weighted by molar-refractivity contribution is -0.130. The van der Waals surface area contributed by atoms with Gasteiger partial charge in [-0.1, -0.05) is 52.9 Å². The molecular formula is C17H33NO. The number of ketones is 1. The zero-order chi connectivity index (χ0) is 14.1. The fourth-order valence-electron chi connectivity index (χ4n) is 3.08. The fourth-order valence-corrected chi connectivity index (χ4v) is 3.08. The number of carbonyl (C=O) groups excluding carboxylic acids is 1. The highest BCUT2D eigenvalue weighted by molar-refractivity contribution is 5.84. The Balaban J connectivity index is 2.22. The summed E-state index contributed by atoms with van der Waals surface area (Å²) in [5.74, 6) is 1.02. The van der Waals surface area contributed by atoms with Crippen LogP contribution in [0.25, 0.3) is 0 Å². The van der Waals surface area contributed by atoms with Crippen LogP contribution in [0.5, 0.6) is 0 Å². The molecular weight excluding hydrogens is 234 g/mol. The van der Waals surface area contributed by atoms with E-state index in [1.54, 1.807) is 0 Å². The molecule has 2 nitrogen and oxygen atoms in total. The first-order chi connectivity index (χ1) is 9.09. The summed E-state index contributed by atoms with van der Waals surface area (Å²) in [5.41, 5.74) is -0.128. The molecule has 1 aliphatic rings. The van der Waals surface area contributed by atoms with Gasteiger partial charge in [0.1, 0.15) is 5.78 Å². The van der Waals surface area contributed by atoms with Crippen LogP contribution in [0.2, 0.25) is 0 Å². The molecule has 1 atom stereocenters. The molecule has 19 heavy (non-hydrogen) atoms. The van der Waals surface area contributed by atoms with Gasteiger partial charge in [-0.25, -0.2) is 0 Å². The van der Waals surface area contributed by atoms with Gasteiger partial charge in [-0.2, -0.15) is 0 Å². The van der Waals surface area contributed by atoms with Crippen molar-refractivity contribution in [2.24, 2.45) is 11.3 Å². The first-order valence-corrected chi connectivity index (χ1v) is 8.33. The number of hydrogen-bond acceptors (Lipinski definition) is 2. The molecule has 1 saturated heterocycles. The van der Waals surface area contributed by atoms with Gasteiger partial charge in [-0.3, -0.25) is 4.79 Å². The van der Waals surface area contributed by atoms with E-state index in [2.05, 4.69) is 26.1 Å².